The average molecular weight is 365 g/mol. The molecule has 11 nitrogen and oxygen atoms in total. The highest BCUT2D eigenvalue weighted by Gasteiger charge is 2.19. The molecule has 0 aromatic carbocycles. The second-order valence-corrected chi connectivity index (χ2v) is 5.88. The van der Waals surface area contributed by atoms with E-state index in [4.69, 9.17) is 10.3 Å². The number of amides is 1. The van der Waals surface area contributed by atoms with E-state index in [1.54, 1.807) is 26.1 Å². The predicted molar refractivity (Wildman–Crippen MR) is 94.2 cm³/mol. The average Bonchev–Trinajstić information content (AvgIpc) is 3.28. The summed E-state index contributed by atoms with van der Waals surface area (Å²) in [4.78, 5) is 35.8. The van der Waals surface area contributed by atoms with E-state index >= 15 is 0 Å². The Bertz CT molecular complexity index is 1130. The highest BCUT2D eigenvalue weighted by molar-refractivity contribution is 5.93. The maximum atomic E-state index is 12.3. The van der Waals surface area contributed by atoms with E-state index in [0.717, 1.165) is 0 Å². The Labute approximate surface area is 152 Å². The minimum absolute atomic E-state index is 0.167. The minimum atomic E-state index is -0.443. The Balaban J connectivity index is 1.53. The number of nitrogens with two attached hydrogens (primary N) is 1. The zero-order valence-corrected chi connectivity index (χ0v) is 14.5. The van der Waals surface area contributed by atoms with E-state index < -0.39 is 11.9 Å². The molecule has 0 aliphatic rings. The largest absolute Gasteiger partial charge is 0.384 e. The Morgan fingerprint density at radius 1 is 1.26 bits per heavy atom. The number of anilines is 1. The first kappa shape index (κ1) is 16.6. The number of H-pyrrole nitrogens is 1. The van der Waals surface area contributed by atoms with E-state index in [-0.39, 0.29) is 11.5 Å². The van der Waals surface area contributed by atoms with Crippen LogP contribution < -0.4 is 11.1 Å². The molecule has 4 aromatic rings. The Kier molecular flexibility index (Phi) is 3.95. The van der Waals surface area contributed by atoms with Gasteiger partial charge in [-0.15, -0.1) is 0 Å². The molecule has 1 unspecified atom stereocenters. The molecule has 0 bridgehead atoms. The quantitative estimate of drug-likeness (QED) is 0.482. The third-order valence-corrected chi connectivity index (χ3v) is 3.83. The van der Waals surface area contributed by atoms with E-state index in [1.165, 1.54) is 12.4 Å². The van der Waals surface area contributed by atoms with Gasteiger partial charge in [0.2, 0.25) is 0 Å². The highest BCUT2D eigenvalue weighted by Crippen LogP contribution is 2.22. The van der Waals surface area contributed by atoms with Crippen LogP contribution in [0.2, 0.25) is 0 Å². The molecule has 4 rings (SSSR count). The van der Waals surface area contributed by atoms with Crippen LogP contribution in [-0.4, -0.2) is 41.0 Å². The first-order chi connectivity index (χ1) is 13.0. The van der Waals surface area contributed by atoms with E-state index in [0.29, 0.717) is 34.3 Å². The van der Waals surface area contributed by atoms with Gasteiger partial charge in [-0.1, -0.05) is 5.16 Å². The number of imidazole rings is 1. The molecule has 1 atom stereocenters. The molecular formula is C16H15N9O2. The van der Waals surface area contributed by atoms with E-state index in [1.807, 2.05) is 0 Å². The normalized spacial score (nSPS) is 12.2. The van der Waals surface area contributed by atoms with Gasteiger partial charge in [0.1, 0.15) is 34.9 Å². The van der Waals surface area contributed by atoms with Crippen molar-refractivity contribution in [2.24, 2.45) is 0 Å². The molecule has 27 heavy (non-hydrogen) atoms. The van der Waals surface area contributed by atoms with Crippen LogP contribution in [0.4, 0.5) is 5.82 Å². The lowest BCUT2D eigenvalue weighted by molar-refractivity contribution is 0.0928. The summed E-state index contributed by atoms with van der Waals surface area (Å²) in [5.41, 5.74) is 7.47. The fraction of sp³-hybridized carbons (Fsp3) is 0.188. The number of rotatable bonds is 4. The second-order valence-electron chi connectivity index (χ2n) is 5.88. The number of hydrogen-bond acceptors (Lipinski definition) is 9. The Morgan fingerprint density at radius 3 is 2.93 bits per heavy atom. The maximum absolute atomic E-state index is 12.3. The highest BCUT2D eigenvalue weighted by atomic mass is 16.5. The van der Waals surface area contributed by atoms with E-state index in [9.17, 15) is 4.79 Å². The molecule has 0 aliphatic carbocycles. The number of aryl methyl sites for hydroxylation is 1. The summed E-state index contributed by atoms with van der Waals surface area (Å²) in [6.07, 6.45) is 2.89. The number of nitrogens with one attached hydrogen (secondary N) is 2. The standard InChI is InChI=1S/C16H15N9O2/c1-7(21-16(26)10-4-13(17)20-6-19-10)12-3-9(25-27-12)14-23-11-5-18-8(2)22-15(11)24-14/h3-7H,1-2H3,(H,21,26)(H2,17,19,20)(H,18,22,23,24). The molecule has 4 N–H and O–H groups in total. The van der Waals surface area contributed by atoms with Gasteiger partial charge >= 0.3 is 0 Å². The summed E-state index contributed by atoms with van der Waals surface area (Å²) in [7, 11) is 0. The Morgan fingerprint density at radius 2 is 2.11 bits per heavy atom. The minimum Gasteiger partial charge on any atom is -0.384 e. The number of aromatic nitrogens is 7. The fourth-order valence-electron chi connectivity index (χ4n) is 2.46. The van der Waals surface area contributed by atoms with Crippen molar-refractivity contribution >= 4 is 22.9 Å². The van der Waals surface area contributed by atoms with Gasteiger partial charge in [-0.2, -0.15) is 0 Å². The van der Waals surface area contributed by atoms with Gasteiger partial charge in [-0.3, -0.25) is 4.79 Å². The second kappa shape index (κ2) is 6.44. The zero-order chi connectivity index (χ0) is 19.0. The lowest BCUT2D eigenvalue weighted by Crippen LogP contribution is -2.27. The van der Waals surface area contributed by atoms with Gasteiger partial charge in [0.05, 0.1) is 12.2 Å². The SMILES string of the molecule is Cc1ncc2[nH]c(-c3cc(C(C)NC(=O)c4cc(N)ncn4)on3)nc2n1. The van der Waals surface area contributed by atoms with Crippen LogP contribution in [-0.2, 0) is 0 Å². The molecule has 0 radical (unpaired) electrons. The first-order valence-electron chi connectivity index (χ1n) is 8.04. The van der Waals surface area contributed by atoms with Gasteiger partial charge < -0.3 is 20.6 Å². The van der Waals surface area contributed by atoms with Crippen LogP contribution in [0.1, 0.15) is 35.0 Å². The number of hydrogen-bond donors (Lipinski definition) is 3. The molecule has 4 aromatic heterocycles. The summed E-state index contributed by atoms with van der Waals surface area (Å²) in [6.45, 7) is 3.55. The molecule has 4 heterocycles. The van der Waals surface area contributed by atoms with Gasteiger partial charge in [0.25, 0.3) is 5.91 Å². The summed E-state index contributed by atoms with van der Waals surface area (Å²) >= 11 is 0. The van der Waals surface area contributed by atoms with Crippen LogP contribution in [0.25, 0.3) is 22.7 Å². The first-order valence-corrected chi connectivity index (χ1v) is 8.04. The van der Waals surface area contributed by atoms with Gasteiger partial charge in [0.15, 0.2) is 17.2 Å². The van der Waals surface area contributed by atoms with Gasteiger partial charge in [-0.05, 0) is 13.8 Å². The summed E-state index contributed by atoms with van der Waals surface area (Å²) in [6, 6.07) is 2.64. The van der Waals surface area contributed by atoms with Crippen LogP contribution >= 0.6 is 0 Å². The van der Waals surface area contributed by atoms with Crippen molar-refractivity contribution in [1.29, 1.82) is 0 Å². The van der Waals surface area contributed by atoms with Crippen LogP contribution in [0, 0.1) is 6.92 Å². The van der Waals surface area contributed by atoms with Gasteiger partial charge in [0, 0.05) is 12.1 Å². The fourth-order valence-corrected chi connectivity index (χ4v) is 2.46. The summed E-state index contributed by atoms with van der Waals surface area (Å²) < 4.78 is 5.34. The molecule has 136 valence electrons. The number of carbonyl (C=O) groups is 1. The number of nitrogen functional groups attached to an aromatic ring is 1. The zero-order valence-electron chi connectivity index (χ0n) is 14.5. The van der Waals surface area contributed by atoms with Crippen molar-refractivity contribution in [2.75, 3.05) is 5.73 Å². The molecule has 11 heteroatoms. The lowest BCUT2D eigenvalue weighted by Gasteiger charge is -2.09. The third kappa shape index (κ3) is 3.29. The lowest BCUT2D eigenvalue weighted by atomic mass is 10.2. The summed E-state index contributed by atoms with van der Waals surface area (Å²) in [5, 5.41) is 6.77. The van der Waals surface area contributed by atoms with Gasteiger partial charge in [-0.25, -0.2) is 24.9 Å². The topological polar surface area (TPSA) is 161 Å². The molecular weight excluding hydrogens is 350 g/mol. The van der Waals surface area contributed by atoms with Crippen molar-refractivity contribution < 1.29 is 9.32 Å². The van der Waals surface area contributed by atoms with Crippen LogP contribution in [0.15, 0.2) is 29.2 Å². The smallest absolute Gasteiger partial charge is 0.270 e. The van der Waals surface area contributed by atoms with E-state index in [2.05, 4.69) is 40.4 Å². The molecule has 0 saturated heterocycles. The molecule has 0 saturated carbocycles. The number of aromatic amines is 1. The molecule has 0 fully saturated rings. The van der Waals surface area contributed by atoms with Crippen LogP contribution in [0.5, 0.6) is 0 Å². The van der Waals surface area contributed by atoms with Crippen molar-refractivity contribution in [3.05, 3.63) is 41.9 Å². The number of carbonyl (C=O) groups excluding carboxylic acids is 1. The third-order valence-electron chi connectivity index (χ3n) is 3.83. The molecule has 1 amide bonds. The summed E-state index contributed by atoms with van der Waals surface area (Å²) in [5.74, 6) is 1.41. The van der Waals surface area contributed by atoms with Crippen molar-refractivity contribution in [2.45, 2.75) is 19.9 Å². The van der Waals surface area contributed by atoms with Crippen molar-refractivity contribution in [1.82, 2.24) is 40.4 Å². The Hall–Kier alpha value is -3.89. The van der Waals surface area contributed by atoms with Crippen molar-refractivity contribution in [3.8, 4) is 11.5 Å². The molecule has 0 spiro atoms. The number of fused-ring (bicyclic) bond motifs is 1. The van der Waals surface area contributed by atoms with Crippen LogP contribution in [0.3, 0.4) is 0 Å². The monoisotopic (exact) mass is 365 g/mol. The number of nitrogens with zero attached hydrogens (tertiary/aromatic N) is 6. The molecule has 0 aliphatic heterocycles. The van der Waals surface area contributed by atoms with Crippen molar-refractivity contribution in [3.63, 3.8) is 0 Å². The maximum Gasteiger partial charge on any atom is 0.270 e. The predicted octanol–water partition coefficient (Wildman–Crippen LogP) is 1.18.